The number of hydrogen-bond acceptors (Lipinski definition) is 2. The number of rotatable bonds is 5. The lowest BCUT2D eigenvalue weighted by Gasteiger charge is -2.24. The van der Waals surface area contributed by atoms with Crippen LogP contribution in [-0.2, 0) is 18.3 Å². The zero-order chi connectivity index (χ0) is 15.2. The van der Waals surface area contributed by atoms with E-state index < -0.39 is 0 Å². The van der Waals surface area contributed by atoms with Crippen molar-refractivity contribution in [2.75, 3.05) is 6.54 Å². The van der Waals surface area contributed by atoms with Gasteiger partial charge in [0.05, 0.1) is 5.69 Å². The van der Waals surface area contributed by atoms with E-state index in [1.54, 1.807) is 4.68 Å². The molecule has 4 heteroatoms. The molecule has 1 aliphatic carbocycles. The van der Waals surface area contributed by atoms with E-state index in [-0.39, 0.29) is 5.91 Å². The van der Waals surface area contributed by atoms with Gasteiger partial charge in [-0.3, -0.25) is 9.48 Å². The van der Waals surface area contributed by atoms with Crippen molar-refractivity contribution in [1.82, 2.24) is 15.1 Å². The molecule has 0 saturated heterocycles. The van der Waals surface area contributed by atoms with Gasteiger partial charge in [-0.25, -0.2) is 0 Å². The van der Waals surface area contributed by atoms with Gasteiger partial charge in [0, 0.05) is 31.8 Å². The second-order valence-corrected chi connectivity index (χ2v) is 6.36. The van der Waals surface area contributed by atoms with Crippen LogP contribution in [0.5, 0.6) is 0 Å². The van der Waals surface area contributed by atoms with Crippen LogP contribution < -0.4 is 5.32 Å². The molecule has 0 aliphatic heterocycles. The number of carbonyl (C=O) groups is 1. The van der Waals surface area contributed by atoms with E-state index in [9.17, 15) is 4.79 Å². The fourth-order valence-electron chi connectivity index (χ4n) is 2.92. The van der Waals surface area contributed by atoms with E-state index in [2.05, 4.69) is 23.4 Å². The highest BCUT2D eigenvalue weighted by Crippen LogP contribution is 2.29. The van der Waals surface area contributed by atoms with Crippen LogP contribution in [-0.4, -0.2) is 22.2 Å². The molecular weight excluding hydrogens is 262 g/mol. The SMILES string of the molecule is C/C(=C\C1CCC(C)CC1)C(=O)NCCc1ccn(C)n1. The molecule has 1 heterocycles. The first kappa shape index (κ1) is 15.8. The highest BCUT2D eigenvalue weighted by molar-refractivity contribution is 5.92. The van der Waals surface area contributed by atoms with E-state index in [1.807, 2.05) is 26.2 Å². The van der Waals surface area contributed by atoms with Gasteiger partial charge in [-0.2, -0.15) is 5.10 Å². The summed E-state index contributed by atoms with van der Waals surface area (Å²) < 4.78 is 1.78. The van der Waals surface area contributed by atoms with Crippen LogP contribution in [0.3, 0.4) is 0 Å². The summed E-state index contributed by atoms with van der Waals surface area (Å²) in [7, 11) is 1.90. The maximum Gasteiger partial charge on any atom is 0.246 e. The molecule has 116 valence electrons. The second-order valence-electron chi connectivity index (χ2n) is 6.36. The minimum Gasteiger partial charge on any atom is -0.352 e. The number of amides is 1. The van der Waals surface area contributed by atoms with Gasteiger partial charge in [0.1, 0.15) is 0 Å². The molecule has 21 heavy (non-hydrogen) atoms. The van der Waals surface area contributed by atoms with E-state index in [0.29, 0.717) is 12.5 Å². The van der Waals surface area contributed by atoms with Crippen molar-refractivity contribution in [2.45, 2.75) is 46.0 Å². The third-order valence-electron chi connectivity index (χ3n) is 4.34. The monoisotopic (exact) mass is 289 g/mol. The summed E-state index contributed by atoms with van der Waals surface area (Å²) in [4.78, 5) is 12.1. The Morgan fingerprint density at radius 1 is 1.43 bits per heavy atom. The number of allylic oxidation sites excluding steroid dienone is 1. The molecule has 0 aromatic carbocycles. The van der Waals surface area contributed by atoms with Gasteiger partial charge in [0.15, 0.2) is 0 Å². The molecule has 0 spiro atoms. The molecule has 1 aromatic heterocycles. The second kappa shape index (κ2) is 7.43. The molecule has 1 fully saturated rings. The number of carbonyl (C=O) groups excluding carboxylic acids is 1. The number of aromatic nitrogens is 2. The molecule has 1 N–H and O–H groups in total. The van der Waals surface area contributed by atoms with Crippen LogP contribution in [0.25, 0.3) is 0 Å². The summed E-state index contributed by atoms with van der Waals surface area (Å²) in [5.41, 5.74) is 1.87. The molecule has 4 nitrogen and oxygen atoms in total. The molecule has 1 amide bonds. The largest absolute Gasteiger partial charge is 0.352 e. The van der Waals surface area contributed by atoms with E-state index in [4.69, 9.17) is 0 Å². The first-order valence-corrected chi connectivity index (χ1v) is 7.99. The molecular formula is C17H27N3O. The quantitative estimate of drug-likeness (QED) is 0.847. The third-order valence-corrected chi connectivity index (χ3v) is 4.34. The predicted octanol–water partition coefficient (Wildman–Crippen LogP) is 2.85. The highest BCUT2D eigenvalue weighted by atomic mass is 16.1. The predicted molar refractivity (Wildman–Crippen MR) is 84.8 cm³/mol. The lowest BCUT2D eigenvalue weighted by molar-refractivity contribution is -0.117. The number of nitrogens with zero attached hydrogens (tertiary/aromatic N) is 2. The lowest BCUT2D eigenvalue weighted by atomic mass is 9.82. The van der Waals surface area contributed by atoms with Gasteiger partial charge in [-0.05, 0) is 37.7 Å². The molecule has 0 atom stereocenters. The van der Waals surface area contributed by atoms with Gasteiger partial charge in [0.2, 0.25) is 5.91 Å². The first-order valence-electron chi connectivity index (χ1n) is 7.99. The van der Waals surface area contributed by atoms with Gasteiger partial charge in [-0.15, -0.1) is 0 Å². The van der Waals surface area contributed by atoms with E-state index >= 15 is 0 Å². The summed E-state index contributed by atoms with van der Waals surface area (Å²) in [5.74, 6) is 1.49. The molecule has 0 radical (unpaired) electrons. The van der Waals surface area contributed by atoms with Crippen LogP contribution >= 0.6 is 0 Å². The van der Waals surface area contributed by atoms with Crippen LogP contribution in [0.15, 0.2) is 23.9 Å². The van der Waals surface area contributed by atoms with Crippen LogP contribution in [0.4, 0.5) is 0 Å². The minimum absolute atomic E-state index is 0.0598. The van der Waals surface area contributed by atoms with Crippen molar-refractivity contribution in [2.24, 2.45) is 18.9 Å². The molecule has 0 unspecified atom stereocenters. The molecule has 1 aromatic rings. The van der Waals surface area contributed by atoms with Crippen LogP contribution in [0, 0.1) is 11.8 Å². The summed E-state index contributed by atoms with van der Waals surface area (Å²) >= 11 is 0. The number of nitrogens with one attached hydrogen (secondary N) is 1. The minimum atomic E-state index is 0.0598. The molecule has 1 aliphatic rings. The normalized spacial score (nSPS) is 23.1. The summed E-state index contributed by atoms with van der Waals surface area (Å²) in [6, 6.07) is 1.98. The van der Waals surface area contributed by atoms with Crippen molar-refractivity contribution < 1.29 is 4.79 Å². The molecule has 2 rings (SSSR count). The number of hydrogen-bond donors (Lipinski definition) is 1. The summed E-state index contributed by atoms with van der Waals surface area (Å²) in [6.45, 7) is 4.88. The van der Waals surface area contributed by atoms with Crippen molar-refractivity contribution >= 4 is 5.91 Å². The van der Waals surface area contributed by atoms with Crippen molar-refractivity contribution in [3.8, 4) is 0 Å². The van der Waals surface area contributed by atoms with Gasteiger partial charge < -0.3 is 5.32 Å². The number of aryl methyl sites for hydroxylation is 1. The zero-order valence-electron chi connectivity index (χ0n) is 13.4. The summed E-state index contributed by atoms with van der Waals surface area (Å²) in [5, 5.41) is 7.29. The summed E-state index contributed by atoms with van der Waals surface area (Å²) in [6.07, 6.45) is 9.89. The highest BCUT2D eigenvalue weighted by Gasteiger charge is 2.17. The van der Waals surface area contributed by atoms with Gasteiger partial charge >= 0.3 is 0 Å². The average Bonchev–Trinajstić information content (AvgIpc) is 2.87. The Morgan fingerprint density at radius 2 is 2.14 bits per heavy atom. The standard InChI is InChI=1S/C17H27N3O/c1-13-4-6-15(7-5-13)12-14(2)17(21)18-10-8-16-9-11-20(3)19-16/h9,11-13,15H,4-8,10H2,1-3H3,(H,18,21)/b14-12+. The van der Waals surface area contributed by atoms with E-state index in [1.165, 1.54) is 25.7 Å². The molecule has 0 bridgehead atoms. The Bertz CT molecular complexity index is 496. The van der Waals surface area contributed by atoms with Gasteiger partial charge in [0.25, 0.3) is 0 Å². The van der Waals surface area contributed by atoms with Crippen LogP contribution in [0.2, 0.25) is 0 Å². The Morgan fingerprint density at radius 3 is 2.76 bits per heavy atom. The van der Waals surface area contributed by atoms with E-state index in [0.717, 1.165) is 23.6 Å². The lowest BCUT2D eigenvalue weighted by Crippen LogP contribution is -2.27. The maximum atomic E-state index is 12.1. The molecule has 1 saturated carbocycles. The maximum absolute atomic E-state index is 12.1. The Hall–Kier alpha value is -1.58. The Balaban J connectivity index is 1.74. The van der Waals surface area contributed by atoms with Crippen molar-refractivity contribution in [1.29, 1.82) is 0 Å². The Kier molecular flexibility index (Phi) is 5.59. The average molecular weight is 289 g/mol. The Labute approximate surface area is 127 Å². The van der Waals surface area contributed by atoms with Crippen molar-refractivity contribution in [3.63, 3.8) is 0 Å². The van der Waals surface area contributed by atoms with Crippen LogP contribution in [0.1, 0.15) is 45.2 Å². The smallest absolute Gasteiger partial charge is 0.246 e. The van der Waals surface area contributed by atoms with Crippen molar-refractivity contribution in [3.05, 3.63) is 29.6 Å². The first-order chi connectivity index (χ1) is 10.0. The van der Waals surface area contributed by atoms with Gasteiger partial charge in [-0.1, -0.05) is 25.8 Å². The fourth-order valence-corrected chi connectivity index (χ4v) is 2.92. The fraction of sp³-hybridized carbons (Fsp3) is 0.647. The zero-order valence-corrected chi connectivity index (χ0v) is 13.4. The topological polar surface area (TPSA) is 46.9 Å². The third kappa shape index (κ3) is 5.03.